The number of rotatable bonds is 6. The fraction of sp³-hybridized carbons (Fsp3) is 0.526. The summed E-state index contributed by atoms with van der Waals surface area (Å²) in [7, 11) is 0. The Morgan fingerprint density at radius 3 is 2.89 bits per heavy atom. The van der Waals surface area contributed by atoms with Gasteiger partial charge < -0.3 is 9.64 Å². The summed E-state index contributed by atoms with van der Waals surface area (Å²) < 4.78 is 5.72. The van der Waals surface area contributed by atoms with E-state index >= 15 is 0 Å². The number of piperidine rings is 1. The number of hydrogen-bond acceptors (Lipinski definition) is 5. The number of aromatic amines is 1. The van der Waals surface area contributed by atoms with Crippen LogP contribution in [0.2, 0.25) is 5.02 Å². The highest BCUT2D eigenvalue weighted by molar-refractivity contribution is 8.00. The molecular formula is C19H25ClN4O2S. The molecule has 1 aliphatic rings. The molecule has 146 valence electrons. The Morgan fingerprint density at radius 2 is 2.19 bits per heavy atom. The number of amides is 1. The Labute approximate surface area is 169 Å². The van der Waals surface area contributed by atoms with Crippen LogP contribution in [0.15, 0.2) is 23.4 Å². The summed E-state index contributed by atoms with van der Waals surface area (Å²) in [5.41, 5.74) is 0.961. The van der Waals surface area contributed by atoms with E-state index < -0.39 is 0 Å². The summed E-state index contributed by atoms with van der Waals surface area (Å²) in [4.78, 5) is 19.0. The van der Waals surface area contributed by atoms with Gasteiger partial charge in [-0.15, -0.1) is 5.10 Å². The Kier molecular flexibility index (Phi) is 6.65. The monoisotopic (exact) mass is 408 g/mol. The predicted molar refractivity (Wildman–Crippen MR) is 107 cm³/mol. The lowest BCUT2D eigenvalue weighted by Gasteiger charge is -2.31. The van der Waals surface area contributed by atoms with Crippen molar-refractivity contribution < 1.29 is 9.53 Å². The van der Waals surface area contributed by atoms with Crippen molar-refractivity contribution in [3.63, 3.8) is 0 Å². The summed E-state index contributed by atoms with van der Waals surface area (Å²) in [5.74, 6) is 2.21. The van der Waals surface area contributed by atoms with Gasteiger partial charge in [0, 0.05) is 18.1 Å². The maximum atomic E-state index is 12.6. The van der Waals surface area contributed by atoms with Crippen LogP contribution in [-0.4, -0.2) is 44.3 Å². The highest BCUT2D eigenvalue weighted by atomic mass is 35.5. The molecule has 2 heterocycles. The van der Waals surface area contributed by atoms with E-state index in [0.29, 0.717) is 21.9 Å². The van der Waals surface area contributed by atoms with Crippen molar-refractivity contribution in [2.24, 2.45) is 5.92 Å². The highest BCUT2D eigenvalue weighted by Gasteiger charge is 2.26. The fourth-order valence-corrected chi connectivity index (χ4v) is 3.89. The van der Waals surface area contributed by atoms with Gasteiger partial charge in [-0.3, -0.25) is 9.89 Å². The molecule has 8 heteroatoms. The molecule has 0 aliphatic carbocycles. The molecule has 1 amide bonds. The standard InChI is InChI=1S/C19H25ClN4O2S/c1-12-6-8-24(9-7-12)18(25)14(3)27-19-21-17(22-23-19)11-26-15-4-5-16(20)13(2)10-15/h4-5,10,12,14H,6-9,11H2,1-3H3,(H,21,22,23)/t14-/m1/s1. The highest BCUT2D eigenvalue weighted by Crippen LogP contribution is 2.25. The van der Waals surface area contributed by atoms with Gasteiger partial charge in [-0.05, 0) is 56.4 Å². The molecule has 1 aromatic heterocycles. The number of H-pyrrole nitrogens is 1. The fourth-order valence-electron chi connectivity index (χ4n) is 2.95. The van der Waals surface area contributed by atoms with E-state index in [1.807, 2.05) is 36.9 Å². The molecular weight excluding hydrogens is 384 g/mol. The van der Waals surface area contributed by atoms with Gasteiger partial charge in [0.1, 0.15) is 12.4 Å². The molecule has 1 fully saturated rings. The Hall–Kier alpha value is -1.73. The minimum absolute atomic E-state index is 0.158. The zero-order chi connectivity index (χ0) is 19.4. The molecule has 0 spiro atoms. The van der Waals surface area contributed by atoms with Crippen molar-refractivity contribution in [3.05, 3.63) is 34.6 Å². The molecule has 1 N–H and O–H groups in total. The van der Waals surface area contributed by atoms with Gasteiger partial charge in [0.15, 0.2) is 5.82 Å². The largest absolute Gasteiger partial charge is 0.486 e. The maximum absolute atomic E-state index is 12.6. The van der Waals surface area contributed by atoms with Crippen LogP contribution in [0.4, 0.5) is 0 Å². The molecule has 1 atom stereocenters. The molecule has 6 nitrogen and oxygen atoms in total. The second-order valence-corrected chi connectivity index (χ2v) is 8.75. The first-order valence-electron chi connectivity index (χ1n) is 9.18. The summed E-state index contributed by atoms with van der Waals surface area (Å²) in [6, 6.07) is 5.51. The lowest BCUT2D eigenvalue weighted by molar-refractivity contribution is -0.131. The van der Waals surface area contributed by atoms with Crippen LogP contribution in [0.25, 0.3) is 0 Å². The van der Waals surface area contributed by atoms with Crippen LogP contribution in [0, 0.1) is 12.8 Å². The minimum Gasteiger partial charge on any atom is -0.486 e. The van der Waals surface area contributed by atoms with Gasteiger partial charge in [-0.2, -0.15) is 0 Å². The molecule has 0 unspecified atom stereocenters. The molecule has 1 aromatic carbocycles. The second kappa shape index (κ2) is 8.97. The average Bonchev–Trinajstić information content (AvgIpc) is 3.10. The number of aromatic nitrogens is 3. The van der Waals surface area contributed by atoms with Gasteiger partial charge in [-0.1, -0.05) is 30.3 Å². The van der Waals surface area contributed by atoms with Crippen molar-refractivity contribution in [1.82, 2.24) is 20.1 Å². The summed E-state index contributed by atoms with van der Waals surface area (Å²) in [6.07, 6.45) is 2.16. The molecule has 27 heavy (non-hydrogen) atoms. The zero-order valence-electron chi connectivity index (χ0n) is 15.9. The number of hydrogen-bond donors (Lipinski definition) is 1. The van der Waals surface area contributed by atoms with E-state index in [-0.39, 0.29) is 17.8 Å². The smallest absolute Gasteiger partial charge is 0.235 e. The van der Waals surface area contributed by atoms with Crippen LogP contribution in [0.1, 0.15) is 38.1 Å². The third kappa shape index (κ3) is 5.39. The van der Waals surface area contributed by atoms with Gasteiger partial charge in [0.2, 0.25) is 11.1 Å². The molecule has 3 rings (SSSR count). The number of ether oxygens (including phenoxy) is 1. The molecule has 0 bridgehead atoms. The number of nitrogens with zero attached hydrogens (tertiary/aromatic N) is 3. The van der Waals surface area contributed by atoms with Crippen molar-refractivity contribution in [3.8, 4) is 5.75 Å². The van der Waals surface area contributed by atoms with Gasteiger partial charge in [0.25, 0.3) is 0 Å². The van der Waals surface area contributed by atoms with E-state index in [4.69, 9.17) is 16.3 Å². The second-order valence-electron chi connectivity index (χ2n) is 7.03. The van der Waals surface area contributed by atoms with Crippen molar-refractivity contribution in [2.75, 3.05) is 13.1 Å². The molecule has 0 radical (unpaired) electrons. The number of nitrogens with one attached hydrogen (secondary N) is 1. The minimum atomic E-state index is -0.207. The van der Waals surface area contributed by atoms with Crippen molar-refractivity contribution >= 4 is 29.3 Å². The quantitative estimate of drug-likeness (QED) is 0.729. The normalized spacial score (nSPS) is 16.4. The summed E-state index contributed by atoms with van der Waals surface area (Å²) >= 11 is 7.40. The molecule has 2 aromatic rings. The summed E-state index contributed by atoms with van der Waals surface area (Å²) in [6.45, 7) is 8.05. The van der Waals surface area contributed by atoms with Gasteiger partial charge in [-0.25, -0.2) is 4.98 Å². The van der Waals surface area contributed by atoms with E-state index in [0.717, 1.165) is 37.2 Å². The predicted octanol–water partition coefficient (Wildman–Crippen LogP) is 4.08. The van der Waals surface area contributed by atoms with Crippen LogP contribution >= 0.6 is 23.4 Å². The Morgan fingerprint density at radius 1 is 1.44 bits per heavy atom. The number of halogens is 1. The third-order valence-corrected chi connectivity index (χ3v) is 6.11. The number of carbonyl (C=O) groups is 1. The Balaban J connectivity index is 1.51. The number of thioether (sulfide) groups is 1. The van der Waals surface area contributed by atoms with Gasteiger partial charge >= 0.3 is 0 Å². The lowest BCUT2D eigenvalue weighted by atomic mass is 9.99. The first-order valence-corrected chi connectivity index (χ1v) is 10.4. The SMILES string of the molecule is Cc1cc(OCc2nc(S[C@H](C)C(=O)N3CCC(C)CC3)n[nH]2)ccc1Cl. The van der Waals surface area contributed by atoms with Crippen LogP contribution in [0.5, 0.6) is 5.75 Å². The third-order valence-electron chi connectivity index (χ3n) is 4.74. The van der Waals surface area contributed by atoms with Crippen molar-refractivity contribution in [2.45, 2.75) is 50.6 Å². The maximum Gasteiger partial charge on any atom is 0.235 e. The number of aryl methyl sites for hydroxylation is 1. The zero-order valence-corrected chi connectivity index (χ0v) is 17.4. The first kappa shape index (κ1) is 20.0. The first-order chi connectivity index (χ1) is 12.9. The summed E-state index contributed by atoms with van der Waals surface area (Å²) in [5, 5.41) is 8.13. The number of benzene rings is 1. The average molecular weight is 409 g/mol. The molecule has 0 saturated carbocycles. The van der Waals surface area contributed by atoms with Crippen LogP contribution < -0.4 is 4.74 Å². The molecule has 1 saturated heterocycles. The topological polar surface area (TPSA) is 71.1 Å². The van der Waals surface area contributed by atoms with Gasteiger partial charge in [0.05, 0.1) is 5.25 Å². The van der Waals surface area contributed by atoms with Crippen molar-refractivity contribution in [1.29, 1.82) is 0 Å². The van der Waals surface area contributed by atoms with E-state index in [1.54, 1.807) is 0 Å². The number of carbonyl (C=O) groups excluding carboxylic acids is 1. The van der Waals surface area contributed by atoms with Crippen LogP contribution in [-0.2, 0) is 11.4 Å². The van der Waals surface area contributed by atoms with E-state index in [2.05, 4.69) is 22.1 Å². The Bertz CT molecular complexity index is 790. The van der Waals surface area contributed by atoms with Crippen LogP contribution in [0.3, 0.4) is 0 Å². The van der Waals surface area contributed by atoms with E-state index in [1.165, 1.54) is 11.8 Å². The van der Waals surface area contributed by atoms with E-state index in [9.17, 15) is 4.79 Å². The molecule has 1 aliphatic heterocycles. The lowest BCUT2D eigenvalue weighted by Crippen LogP contribution is -2.41. The number of likely N-dealkylation sites (tertiary alicyclic amines) is 1.